The molecule has 0 atom stereocenters. The van der Waals surface area contributed by atoms with Gasteiger partial charge in [-0.3, -0.25) is 0 Å². The SMILES string of the molecule is CCCCCCCCCCCc1ccc(C(=O)[O-])cc1.CCCCCCCCCCCc1ccc(C(=O)[O-])cc1.CCCCCCCCCCCc1ccc(C(=O)[O-])cc1.CCCCCCCCCCCc1ccc(C(=O)[O-])cc1.[Pb]. The van der Waals surface area contributed by atoms with Gasteiger partial charge < -0.3 is 39.6 Å². The van der Waals surface area contributed by atoms with Crippen LogP contribution in [0.3, 0.4) is 0 Å². The van der Waals surface area contributed by atoms with Crippen molar-refractivity contribution in [3.63, 3.8) is 0 Å². The molecule has 8 nitrogen and oxygen atoms in total. The number of hydrogen-bond acceptors (Lipinski definition) is 8. The number of carboxylic acid groups (broad SMARTS) is 4. The van der Waals surface area contributed by atoms with Gasteiger partial charge in [0.15, 0.2) is 0 Å². The average molecular weight is 1310 g/mol. The normalized spacial score (nSPS) is 10.5. The largest absolute Gasteiger partial charge is 0.545 e. The molecule has 0 N–H and O–H groups in total. The van der Waals surface area contributed by atoms with E-state index in [1.54, 1.807) is 48.5 Å². The molecule has 0 unspecified atom stereocenters. The minimum absolute atomic E-state index is 0. The summed E-state index contributed by atoms with van der Waals surface area (Å²) in [5, 5.41) is 42.5. The maximum Gasteiger partial charge on any atom is 0.0715 e. The monoisotopic (exact) mass is 1310 g/mol. The first kappa shape index (κ1) is 76.7. The van der Waals surface area contributed by atoms with Gasteiger partial charge in [-0.15, -0.1) is 0 Å². The number of rotatable bonds is 44. The summed E-state index contributed by atoms with van der Waals surface area (Å²) < 4.78 is 0. The van der Waals surface area contributed by atoms with Gasteiger partial charge in [-0.2, -0.15) is 0 Å². The van der Waals surface area contributed by atoms with Crippen LogP contribution in [0.2, 0.25) is 0 Å². The zero-order chi connectivity index (χ0) is 58.5. The maximum absolute atomic E-state index is 10.6. The molecule has 452 valence electrons. The molecular formula is C72H108O8Pb-4. The third kappa shape index (κ3) is 44.9. The predicted octanol–water partition coefficient (Wildman–Crippen LogP) is 16.1. The number of carbonyl (C=O) groups is 4. The van der Waals surface area contributed by atoms with Crippen molar-refractivity contribution in [1.82, 2.24) is 0 Å². The quantitative estimate of drug-likeness (QED) is 0.0312. The number of aromatic carboxylic acids is 4. The summed E-state index contributed by atoms with van der Waals surface area (Å²) in [6.07, 6.45) is 52.1. The number of carboxylic acids is 4. The van der Waals surface area contributed by atoms with Gasteiger partial charge in [0.05, 0.1) is 23.9 Å². The fourth-order valence-corrected chi connectivity index (χ4v) is 9.79. The number of unbranched alkanes of at least 4 members (excludes halogenated alkanes) is 32. The van der Waals surface area contributed by atoms with Crippen LogP contribution in [0.1, 0.15) is 323 Å². The van der Waals surface area contributed by atoms with E-state index in [1.807, 2.05) is 48.5 Å². The van der Waals surface area contributed by atoms with Crippen LogP contribution < -0.4 is 20.4 Å². The maximum atomic E-state index is 10.6. The average Bonchev–Trinajstić information content (AvgIpc) is 3.46. The van der Waals surface area contributed by atoms with E-state index in [-0.39, 0.29) is 49.6 Å². The van der Waals surface area contributed by atoms with Gasteiger partial charge in [0.25, 0.3) is 0 Å². The Kier molecular flexibility index (Phi) is 52.0. The van der Waals surface area contributed by atoms with Crippen LogP contribution in [0.4, 0.5) is 0 Å². The number of hydrogen-bond donors (Lipinski definition) is 0. The first-order valence-electron chi connectivity index (χ1n) is 32.2. The van der Waals surface area contributed by atoms with Crippen molar-refractivity contribution in [2.75, 3.05) is 0 Å². The van der Waals surface area contributed by atoms with Crippen molar-refractivity contribution >= 4 is 51.2 Å². The van der Waals surface area contributed by atoms with E-state index in [9.17, 15) is 39.6 Å². The van der Waals surface area contributed by atoms with Crippen LogP contribution >= 0.6 is 0 Å². The Morgan fingerprint density at radius 2 is 0.346 bits per heavy atom. The summed E-state index contributed by atoms with van der Waals surface area (Å²) in [5.41, 5.74) is 5.94. The molecule has 0 aliphatic heterocycles. The topological polar surface area (TPSA) is 161 Å². The van der Waals surface area contributed by atoms with E-state index in [1.165, 1.54) is 253 Å². The molecule has 0 amide bonds. The molecule has 4 aromatic carbocycles. The van der Waals surface area contributed by atoms with Crippen molar-refractivity contribution in [2.24, 2.45) is 0 Å². The molecule has 0 saturated carbocycles. The van der Waals surface area contributed by atoms with Gasteiger partial charge in [-0.1, -0.05) is 330 Å². The van der Waals surface area contributed by atoms with Crippen molar-refractivity contribution < 1.29 is 39.6 Å². The fourth-order valence-electron chi connectivity index (χ4n) is 9.79. The Hall–Kier alpha value is -4.32. The number of benzene rings is 4. The summed E-state index contributed by atoms with van der Waals surface area (Å²) in [6, 6.07) is 28.3. The summed E-state index contributed by atoms with van der Waals surface area (Å²) in [7, 11) is 0. The molecule has 0 aliphatic carbocycles. The molecular weight excluding hydrogens is 1200 g/mol. The van der Waals surface area contributed by atoms with Crippen LogP contribution in [0.15, 0.2) is 97.1 Å². The second kappa shape index (κ2) is 54.9. The van der Waals surface area contributed by atoms with Gasteiger partial charge in [-0.05, 0) is 95.9 Å². The molecule has 0 aromatic heterocycles. The van der Waals surface area contributed by atoms with Crippen LogP contribution in [-0.2, 0) is 25.7 Å². The molecule has 0 aliphatic rings. The molecule has 9 heteroatoms. The van der Waals surface area contributed by atoms with Gasteiger partial charge in [0, 0.05) is 27.3 Å². The van der Waals surface area contributed by atoms with E-state index >= 15 is 0 Å². The predicted molar refractivity (Wildman–Crippen MR) is 333 cm³/mol. The van der Waals surface area contributed by atoms with E-state index in [4.69, 9.17) is 0 Å². The van der Waals surface area contributed by atoms with Crippen LogP contribution in [0.5, 0.6) is 0 Å². The zero-order valence-electron chi connectivity index (χ0n) is 51.3. The third-order valence-electron chi connectivity index (χ3n) is 15.0. The molecule has 0 heterocycles. The Morgan fingerprint density at radius 3 is 0.469 bits per heavy atom. The smallest absolute Gasteiger partial charge is 0.0715 e. The zero-order valence-corrected chi connectivity index (χ0v) is 55.2. The Morgan fingerprint density at radius 1 is 0.222 bits per heavy atom. The molecule has 4 rings (SSSR count). The Balaban J connectivity index is 0.00000105. The molecule has 0 spiro atoms. The van der Waals surface area contributed by atoms with Crippen molar-refractivity contribution in [3.05, 3.63) is 142 Å². The van der Waals surface area contributed by atoms with Gasteiger partial charge in [-0.25, -0.2) is 0 Å². The molecule has 0 bridgehead atoms. The first-order valence-corrected chi connectivity index (χ1v) is 32.2. The molecule has 4 radical (unpaired) electrons. The van der Waals surface area contributed by atoms with Crippen molar-refractivity contribution in [2.45, 2.75) is 285 Å². The first-order chi connectivity index (χ1) is 38.9. The van der Waals surface area contributed by atoms with E-state index < -0.39 is 23.9 Å². The fraction of sp³-hybridized carbons (Fsp3) is 0.611. The number of carbonyl (C=O) groups excluding carboxylic acids is 4. The van der Waals surface area contributed by atoms with Crippen LogP contribution in [0, 0.1) is 0 Å². The standard InChI is InChI=1S/4C18H28O2.Pb/c4*1-2-3-4-5-6-7-8-9-10-11-16-12-14-17(15-13-16)18(19)20;/h4*12-15H,2-11H2,1H3,(H,19,20);/p-4. The van der Waals surface area contributed by atoms with Crippen molar-refractivity contribution in [1.29, 1.82) is 0 Å². The van der Waals surface area contributed by atoms with Crippen LogP contribution in [0.25, 0.3) is 0 Å². The summed E-state index contributed by atoms with van der Waals surface area (Å²) in [4.78, 5) is 42.5. The Bertz CT molecular complexity index is 1780. The number of aryl methyl sites for hydroxylation is 4. The molecule has 0 fully saturated rings. The summed E-state index contributed by atoms with van der Waals surface area (Å²) >= 11 is 0. The van der Waals surface area contributed by atoms with Crippen molar-refractivity contribution in [3.8, 4) is 0 Å². The van der Waals surface area contributed by atoms with Gasteiger partial charge >= 0.3 is 0 Å². The molecule has 0 saturated heterocycles. The minimum Gasteiger partial charge on any atom is -0.545 e. The van der Waals surface area contributed by atoms with E-state index in [0.29, 0.717) is 0 Å². The van der Waals surface area contributed by atoms with Gasteiger partial charge in [0.2, 0.25) is 0 Å². The Labute approximate surface area is 513 Å². The summed E-state index contributed by atoms with van der Waals surface area (Å²) in [5.74, 6) is -4.39. The second-order valence-electron chi connectivity index (χ2n) is 22.3. The molecule has 81 heavy (non-hydrogen) atoms. The van der Waals surface area contributed by atoms with E-state index in [2.05, 4.69) is 27.7 Å². The van der Waals surface area contributed by atoms with E-state index in [0.717, 1.165) is 25.7 Å². The molecule has 4 aromatic rings. The van der Waals surface area contributed by atoms with Gasteiger partial charge in [0.1, 0.15) is 0 Å². The third-order valence-corrected chi connectivity index (χ3v) is 15.0. The second-order valence-corrected chi connectivity index (χ2v) is 22.3. The summed E-state index contributed by atoms with van der Waals surface area (Å²) in [6.45, 7) is 9.00. The van der Waals surface area contributed by atoms with Crippen LogP contribution in [-0.4, -0.2) is 51.2 Å². The minimum atomic E-state index is -1.10.